The zero-order valence-corrected chi connectivity index (χ0v) is 8.20. The molecule has 0 radical (unpaired) electrons. The van der Waals surface area contributed by atoms with E-state index in [2.05, 4.69) is 4.74 Å². The number of rotatable bonds is 3. The van der Waals surface area contributed by atoms with Gasteiger partial charge in [-0.3, -0.25) is 10.1 Å². The zero-order chi connectivity index (χ0) is 12.3. The van der Waals surface area contributed by atoms with Crippen LogP contribution in [0.15, 0.2) is 12.1 Å². The molecule has 0 bridgehead atoms. The van der Waals surface area contributed by atoms with Gasteiger partial charge >= 0.3 is 11.7 Å². The summed E-state index contributed by atoms with van der Waals surface area (Å²) in [5, 5.41) is 10.4. The maximum Gasteiger partial charge on any atom is 0.344 e. The molecule has 5 nitrogen and oxygen atoms in total. The van der Waals surface area contributed by atoms with Crippen molar-refractivity contribution in [2.75, 3.05) is 6.61 Å². The first-order valence-electron chi connectivity index (χ1n) is 4.28. The topological polar surface area (TPSA) is 69.4 Å². The first-order valence-corrected chi connectivity index (χ1v) is 4.28. The molecule has 0 fully saturated rings. The largest absolute Gasteiger partial charge is 0.462 e. The highest BCUT2D eigenvalue weighted by atomic mass is 19.1. The van der Waals surface area contributed by atoms with Gasteiger partial charge in [0.15, 0.2) is 0 Å². The van der Waals surface area contributed by atoms with Crippen molar-refractivity contribution in [3.05, 3.63) is 39.4 Å². The fraction of sp³-hybridized carbons (Fsp3) is 0.222. The molecule has 0 aromatic heterocycles. The summed E-state index contributed by atoms with van der Waals surface area (Å²) in [5.74, 6) is -3.98. The third-order valence-corrected chi connectivity index (χ3v) is 1.75. The van der Waals surface area contributed by atoms with Crippen molar-refractivity contribution in [3.8, 4) is 0 Å². The second-order valence-electron chi connectivity index (χ2n) is 2.73. The highest BCUT2D eigenvalue weighted by Gasteiger charge is 2.26. The molecule has 0 saturated carbocycles. The van der Waals surface area contributed by atoms with E-state index in [0.717, 1.165) is 0 Å². The van der Waals surface area contributed by atoms with Crippen LogP contribution in [-0.4, -0.2) is 17.5 Å². The molecule has 1 aromatic rings. The lowest BCUT2D eigenvalue weighted by Crippen LogP contribution is -2.11. The smallest absolute Gasteiger partial charge is 0.344 e. The number of hydrogen-bond acceptors (Lipinski definition) is 4. The Morgan fingerprint density at radius 3 is 2.62 bits per heavy atom. The maximum atomic E-state index is 13.4. The van der Waals surface area contributed by atoms with Crippen LogP contribution in [0.25, 0.3) is 0 Å². The number of esters is 1. The van der Waals surface area contributed by atoms with Crippen LogP contribution in [0.5, 0.6) is 0 Å². The van der Waals surface area contributed by atoms with Gasteiger partial charge in [-0.2, -0.15) is 4.39 Å². The molecule has 7 heteroatoms. The van der Waals surface area contributed by atoms with Gasteiger partial charge in [0.25, 0.3) is 0 Å². The van der Waals surface area contributed by atoms with E-state index < -0.39 is 33.8 Å². The third kappa shape index (κ3) is 2.13. The number of nitro groups is 1. The summed E-state index contributed by atoms with van der Waals surface area (Å²) in [4.78, 5) is 20.4. The number of halogens is 2. The number of carbonyl (C=O) groups excluding carboxylic acids is 1. The van der Waals surface area contributed by atoms with E-state index in [1.807, 2.05) is 0 Å². The highest BCUT2D eigenvalue weighted by molar-refractivity contribution is 5.90. The molecule has 0 heterocycles. The lowest BCUT2D eigenvalue weighted by atomic mass is 10.1. The van der Waals surface area contributed by atoms with Crippen LogP contribution < -0.4 is 0 Å². The number of nitro benzene ring substituents is 1. The summed E-state index contributed by atoms with van der Waals surface area (Å²) in [5.41, 5.74) is -2.01. The van der Waals surface area contributed by atoms with Crippen molar-refractivity contribution >= 4 is 11.7 Å². The van der Waals surface area contributed by atoms with Crippen LogP contribution in [0.2, 0.25) is 0 Å². The Hall–Kier alpha value is -2.05. The summed E-state index contributed by atoms with van der Waals surface area (Å²) in [6, 6.07) is 1.29. The van der Waals surface area contributed by atoms with Crippen molar-refractivity contribution in [3.63, 3.8) is 0 Å². The molecule has 0 atom stereocenters. The predicted molar refractivity (Wildman–Crippen MR) is 49.0 cm³/mol. The monoisotopic (exact) mass is 231 g/mol. The molecule has 1 aromatic carbocycles. The van der Waals surface area contributed by atoms with E-state index in [-0.39, 0.29) is 6.61 Å². The number of benzene rings is 1. The summed E-state index contributed by atoms with van der Waals surface area (Å²) < 4.78 is 30.9. The summed E-state index contributed by atoms with van der Waals surface area (Å²) in [6.45, 7) is 1.37. The van der Waals surface area contributed by atoms with E-state index in [0.29, 0.717) is 12.1 Å². The van der Waals surface area contributed by atoms with Crippen LogP contribution >= 0.6 is 0 Å². The Kier molecular flexibility index (Phi) is 3.49. The van der Waals surface area contributed by atoms with Crippen LogP contribution in [0.4, 0.5) is 14.5 Å². The second-order valence-corrected chi connectivity index (χ2v) is 2.73. The van der Waals surface area contributed by atoms with Gasteiger partial charge in [0.05, 0.1) is 11.5 Å². The molecule has 0 amide bonds. The number of nitrogens with zero attached hydrogens (tertiary/aromatic N) is 1. The molecule has 0 aliphatic carbocycles. The van der Waals surface area contributed by atoms with Crippen molar-refractivity contribution in [1.82, 2.24) is 0 Å². The van der Waals surface area contributed by atoms with Crippen molar-refractivity contribution in [2.45, 2.75) is 6.92 Å². The maximum absolute atomic E-state index is 13.4. The SMILES string of the molecule is CCOC(=O)c1c(F)ccc([N+](=O)[O-])c1F. The first-order chi connectivity index (χ1) is 7.49. The van der Waals surface area contributed by atoms with Gasteiger partial charge in [0.2, 0.25) is 5.82 Å². The zero-order valence-electron chi connectivity index (χ0n) is 8.20. The van der Waals surface area contributed by atoms with Crippen LogP contribution in [0, 0.1) is 21.7 Å². The fourth-order valence-electron chi connectivity index (χ4n) is 1.07. The first kappa shape index (κ1) is 12.0. The van der Waals surface area contributed by atoms with E-state index in [1.165, 1.54) is 6.92 Å². The van der Waals surface area contributed by atoms with E-state index >= 15 is 0 Å². The molecule has 0 aliphatic rings. The minimum Gasteiger partial charge on any atom is -0.462 e. The normalized spacial score (nSPS) is 9.94. The molecule has 16 heavy (non-hydrogen) atoms. The van der Waals surface area contributed by atoms with E-state index in [1.54, 1.807) is 0 Å². The van der Waals surface area contributed by atoms with Gasteiger partial charge in [-0.05, 0) is 13.0 Å². The molecular weight excluding hydrogens is 224 g/mol. The Labute approximate surface area is 88.8 Å². The molecule has 0 spiro atoms. The van der Waals surface area contributed by atoms with Crippen LogP contribution in [-0.2, 0) is 4.74 Å². The van der Waals surface area contributed by atoms with Crippen molar-refractivity contribution < 1.29 is 23.2 Å². The molecule has 0 N–H and O–H groups in total. The van der Waals surface area contributed by atoms with E-state index in [9.17, 15) is 23.7 Å². The molecule has 0 aliphatic heterocycles. The minimum atomic E-state index is -1.52. The van der Waals surface area contributed by atoms with Crippen molar-refractivity contribution in [1.29, 1.82) is 0 Å². The summed E-state index contributed by atoms with van der Waals surface area (Å²) in [7, 11) is 0. The van der Waals surface area contributed by atoms with Gasteiger partial charge in [-0.1, -0.05) is 0 Å². The van der Waals surface area contributed by atoms with Crippen LogP contribution in [0.1, 0.15) is 17.3 Å². The average molecular weight is 231 g/mol. The number of ether oxygens (including phenoxy) is 1. The minimum absolute atomic E-state index is 0.0829. The lowest BCUT2D eigenvalue weighted by molar-refractivity contribution is -0.387. The van der Waals surface area contributed by atoms with Gasteiger partial charge in [0.1, 0.15) is 11.4 Å². The quantitative estimate of drug-likeness (QED) is 0.453. The molecule has 1 rings (SSSR count). The Balaban J connectivity index is 3.31. The second kappa shape index (κ2) is 4.65. The average Bonchev–Trinajstić information content (AvgIpc) is 2.17. The molecule has 0 saturated heterocycles. The van der Waals surface area contributed by atoms with Crippen molar-refractivity contribution in [2.24, 2.45) is 0 Å². The fourth-order valence-corrected chi connectivity index (χ4v) is 1.07. The van der Waals surface area contributed by atoms with Gasteiger partial charge in [-0.25, -0.2) is 9.18 Å². The number of hydrogen-bond donors (Lipinski definition) is 0. The predicted octanol–water partition coefficient (Wildman–Crippen LogP) is 2.05. The molecule has 86 valence electrons. The van der Waals surface area contributed by atoms with E-state index in [4.69, 9.17) is 0 Å². The number of carbonyl (C=O) groups is 1. The Bertz CT molecular complexity index is 447. The van der Waals surface area contributed by atoms with Crippen LogP contribution in [0.3, 0.4) is 0 Å². The lowest BCUT2D eigenvalue weighted by Gasteiger charge is -2.04. The summed E-state index contributed by atoms with van der Waals surface area (Å²) in [6.07, 6.45) is 0. The Morgan fingerprint density at radius 1 is 1.50 bits per heavy atom. The highest BCUT2D eigenvalue weighted by Crippen LogP contribution is 2.23. The van der Waals surface area contributed by atoms with Gasteiger partial charge in [0, 0.05) is 6.07 Å². The molecule has 0 unspecified atom stereocenters. The molecular formula is C9H7F2NO4. The third-order valence-electron chi connectivity index (χ3n) is 1.75. The van der Waals surface area contributed by atoms with Gasteiger partial charge < -0.3 is 4.74 Å². The standard InChI is InChI=1S/C9H7F2NO4/c1-2-16-9(13)7-5(10)3-4-6(8(7)11)12(14)15/h3-4H,2H2,1H3. The van der Waals surface area contributed by atoms with Gasteiger partial charge in [-0.15, -0.1) is 0 Å². The Morgan fingerprint density at radius 2 is 2.12 bits per heavy atom. The summed E-state index contributed by atoms with van der Waals surface area (Å²) >= 11 is 0.